The lowest BCUT2D eigenvalue weighted by molar-refractivity contribution is 0.0953. The first kappa shape index (κ1) is 14.6. The van der Waals surface area contributed by atoms with Crippen molar-refractivity contribution in [3.63, 3.8) is 0 Å². The number of unbranched alkanes of at least 4 members (excludes halogenated alkanes) is 2. The highest BCUT2D eigenvalue weighted by atomic mass is 32.2. The minimum absolute atomic E-state index is 0.0654. The molecule has 0 unspecified atom stereocenters. The first-order valence-electron chi connectivity index (χ1n) is 6.05. The fourth-order valence-electron chi connectivity index (χ4n) is 1.55. The van der Waals surface area contributed by atoms with Crippen molar-refractivity contribution < 1.29 is 4.79 Å². The van der Waals surface area contributed by atoms with Gasteiger partial charge in [-0.2, -0.15) is 17.0 Å². The Balaban J connectivity index is 2.26. The summed E-state index contributed by atoms with van der Waals surface area (Å²) in [5.74, 6) is 1.12. The summed E-state index contributed by atoms with van der Waals surface area (Å²) in [5.41, 5.74) is 1.18. The van der Waals surface area contributed by atoms with Gasteiger partial charge in [-0.3, -0.25) is 4.79 Å². The van der Waals surface area contributed by atoms with Crippen molar-refractivity contribution >= 4 is 17.7 Å². The number of nitrogens with one attached hydrogen (secondary N) is 1. The van der Waals surface area contributed by atoms with Gasteiger partial charge in [-0.05, 0) is 49.1 Å². The van der Waals surface area contributed by atoms with Crippen LogP contribution >= 0.6 is 11.8 Å². The molecule has 96 valence electrons. The summed E-state index contributed by atoms with van der Waals surface area (Å²) in [6, 6.07) is 8.72. The number of nitrogens with zero attached hydrogens (tertiary/aromatic N) is 1. The number of amides is 1. The first-order chi connectivity index (χ1) is 8.77. The summed E-state index contributed by atoms with van der Waals surface area (Å²) in [6.07, 6.45) is 5.47. The third-order valence-electron chi connectivity index (χ3n) is 2.59. The molecule has 3 nitrogen and oxygen atoms in total. The van der Waals surface area contributed by atoms with E-state index in [4.69, 9.17) is 5.26 Å². The summed E-state index contributed by atoms with van der Waals surface area (Å²) < 4.78 is 0. The van der Waals surface area contributed by atoms with Gasteiger partial charge in [0.15, 0.2) is 0 Å². The molecule has 0 aliphatic rings. The molecule has 1 amide bonds. The fourth-order valence-corrected chi connectivity index (χ4v) is 2.04. The minimum Gasteiger partial charge on any atom is -0.352 e. The zero-order valence-corrected chi connectivity index (χ0v) is 11.4. The van der Waals surface area contributed by atoms with E-state index in [2.05, 4.69) is 11.6 Å². The van der Waals surface area contributed by atoms with Crippen LogP contribution in [-0.4, -0.2) is 24.5 Å². The topological polar surface area (TPSA) is 52.9 Å². The quantitative estimate of drug-likeness (QED) is 0.769. The van der Waals surface area contributed by atoms with Gasteiger partial charge in [-0.1, -0.05) is 6.42 Å². The lowest BCUT2D eigenvalue weighted by atomic mass is 10.1. The summed E-state index contributed by atoms with van der Waals surface area (Å²) in [5, 5.41) is 11.5. The fraction of sp³-hybridized carbons (Fsp3) is 0.429. The molecule has 1 rings (SSSR count). The predicted molar refractivity (Wildman–Crippen MR) is 75.7 cm³/mol. The van der Waals surface area contributed by atoms with Crippen LogP contribution in [-0.2, 0) is 0 Å². The third-order valence-corrected chi connectivity index (χ3v) is 3.28. The van der Waals surface area contributed by atoms with Crippen LogP contribution in [0.25, 0.3) is 0 Å². The highest BCUT2D eigenvalue weighted by Gasteiger charge is 2.03. The van der Waals surface area contributed by atoms with E-state index in [1.165, 1.54) is 12.2 Å². The molecule has 0 spiro atoms. The van der Waals surface area contributed by atoms with Crippen LogP contribution in [0.3, 0.4) is 0 Å². The molecule has 0 saturated carbocycles. The Morgan fingerprint density at radius 2 is 2.00 bits per heavy atom. The van der Waals surface area contributed by atoms with Gasteiger partial charge in [0, 0.05) is 12.1 Å². The lowest BCUT2D eigenvalue weighted by Gasteiger charge is -2.05. The molecule has 0 atom stereocenters. The Labute approximate surface area is 113 Å². The smallest absolute Gasteiger partial charge is 0.251 e. The second kappa shape index (κ2) is 8.60. The second-order valence-electron chi connectivity index (χ2n) is 4.00. The average molecular weight is 262 g/mol. The van der Waals surface area contributed by atoms with E-state index < -0.39 is 0 Å². The van der Waals surface area contributed by atoms with Gasteiger partial charge >= 0.3 is 0 Å². The molecule has 1 N–H and O–H groups in total. The largest absolute Gasteiger partial charge is 0.352 e. The molecule has 0 radical (unpaired) electrons. The van der Waals surface area contributed by atoms with Crippen molar-refractivity contribution in [1.82, 2.24) is 5.32 Å². The Morgan fingerprint density at radius 1 is 1.28 bits per heavy atom. The van der Waals surface area contributed by atoms with Crippen LogP contribution in [0.1, 0.15) is 35.2 Å². The molecule has 0 bridgehead atoms. The van der Waals surface area contributed by atoms with Gasteiger partial charge in [0.25, 0.3) is 5.91 Å². The van der Waals surface area contributed by atoms with E-state index in [9.17, 15) is 4.79 Å². The average Bonchev–Trinajstić information content (AvgIpc) is 2.42. The van der Waals surface area contributed by atoms with E-state index in [1.807, 2.05) is 17.8 Å². The van der Waals surface area contributed by atoms with Crippen molar-refractivity contribution in [2.24, 2.45) is 0 Å². The number of rotatable bonds is 7. The van der Waals surface area contributed by atoms with Gasteiger partial charge in [0.2, 0.25) is 0 Å². The van der Waals surface area contributed by atoms with Crippen LogP contribution < -0.4 is 5.32 Å². The summed E-state index contributed by atoms with van der Waals surface area (Å²) in [6.45, 7) is 0.715. The zero-order valence-electron chi connectivity index (χ0n) is 10.6. The molecular weight excluding hydrogens is 244 g/mol. The van der Waals surface area contributed by atoms with Crippen molar-refractivity contribution in [3.05, 3.63) is 35.4 Å². The summed E-state index contributed by atoms with van der Waals surface area (Å²) >= 11 is 1.85. The van der Waals surface area contributed by atoms with Crippen LogP contribution in [0.15, 0.2) is 24.3 Å². The monoisotopic (exact) mass is 262 g/mol. The molecule has 0 heterocycles. The summed E-state index contributed by atoms with van der Waals surface area (Å²) in [4.78, 5) is 11.7. The number of benzene rings is 1. The standard InChI is InChI=1S/C14H18N2OS/c1-18-10-4-2-3-9-16-14(17)13-7-5-12(11-15)6-8-13/h5-8H,2-4,9-10H2,1H3,(H,16,17). The third kappa shape index (κ3) is 5.24. The maximum atomic E-state index is 11.7. The maximum absolute atomic E-state index is 11.7. The van der Waals surface area contributed by atoms with Crippen LogP contribution in [0.5, 0.6) is 0 Å². The Kier molecular flexibility index (Phi) is 6.97. The van der Waals surface area contributed by atoms with Crippen LogP contribution in [0.4, 0.5) is 0 Å². The highest BCUT2D eigenvalue weighted by molar-refractivity contribution is 7.98. The van der Waals surface area contributed by atoms with Gasteiger partial charge < -0.3 is 5.32 Å². The molecule has 0 saturated heterocycles. The molecule has 0 aromatic heterocycles. The zero-order chi connectivity index (χ0) is 13.2. The van der Waals surface area contributed by atoms with Gasteiger partial charge in [0.1, 0.15) is 0 Å². The van der Waals surface area contributed by atoms with Crippen molar-refractivity contribution in [1.29, 1.82) is 5.26 Å². The molecule has 4 heteroatoms. The van der Waals surface area contributed by atoms with Crippen LogP contribution in [0, 0.1) is 11.3 Å². The van der Waals surface area contributed by atoms with E-state index in [0.717, 1.165) is 12.8 Å². The van der Waals surface area contributed by atoms with Gasteiger partial charge in [-0.15, -0.1) is 0 Å². The molecule has 1 aromatic carbocycles. The number of thioether (sulfide) groups is 1. The molecule has 18 heavy (non-hydrogen) atoms. The van der Waals surface area contributed by atoms with E-state index in [-0.39, 0.29) is 5.91 Å². The number of carbonyl (C=O) groups is 1. The molecule has 0 fully saturated rings. The predicted octanol–water partition coefficient (Wildman–Crippen LogP) is 2.82. The maximum Gasteiger partial charge on any atom is 0.251 e. The van der Waals surface area contributed by atoms with E-state index in [0.29, 0.717) is 17.7 Å². The van der Waals surface area contributed by atoms with E-state index in [1.54, 1.807) is 24.3 Å². The highest BCUT2D eigenvalue weighted by Crippen LogP contribution is 2.04. The van der Waals surface area contributed by atoms with Gasteiger partial charge in [0.05, 0.1) is 11.6 Å². The number of carbonyl (C=O) groups excluding carboxylic acids is 1. The minimum atomic E-state index is -0.0654. The normalized spacial score (nSPS) is 9.78. The molecule has 0 aliphatic heterocycles. The number of nitriles is 1. The Bertz CT molecular complexity index is 409. The molecule has 0 aliphatic carbocycles. The molecule has 1 aromatic rings. The Hall–Kier alpha value is -1.47. The van der Waals surface area contributed by atoms with Crippen LogP contribution in [0.2, 0.25) is 0 Å². The van der Waals surface area contributed by atoms with Gasteiger partial charge in [-0.25, -0.2) is 0 Å². The Morgan fingerprint density at radius 3 is 2.61 bits per heavy atom. The number of hydrogen-bond donors (Lipinski definition) is 1. The van der Waals surface area contributed by atoms with Crippen molar-refractivity contribution in [3.8, 4) is 6.07 Å². The van der Waals surface area contributed by atoms with Crippen molar-refractivity contribution in [2.75, 3.05) is 18.6 Å². The summed E-state index contributed by atoms with van der Waals surface area (Å²) in [7, 11) is 0. The first-order valence-corrected chi connectivity index (χ1v) is 7.44. The second-order valence-corrected chi connectivity index (χ2v) is 4.98. The lowest BCUT2D eigenvalue weighted by Crippen LogP contribution is -2.24. The SMILES string of the molecule is CSCCCCCNC(=O)c1ccc(C#N)cc1. The molecular formula is C14H18N2OS. The van der Waals surface area contributed by atoms with Crippen molar-refractivity contribution in [2.45, 2.75) is 19.3 Å². The number of hydrogen-bond acceptors (Lipinski definition) is 3. The van der Waals surface area contributed by atoms with E-state index >= 15 is 0 Å².